The van der Waals surface area contributed by atoms with Crippen molar-refractivity contribution in [3.63, 3.8) is 0 Å². The first-order valence-electron chi connectivity index (χ1n) is 7.98. The largest absolute Gasteiger partial charge is 0.468 e. The lowest BCUT2D eigenvalue weighted by Gasteiger charge is -2.39. The SMILES string of the molecule is COC(=O)C(N)c1cc2c(s1)CCCC2N1CCN(C)CC1. The number of thiophene rings is 1. The Bertz CT molecular complexity index is 537. The average Bonchev–Trinajstić information content (AvgIpc) is 2.98. The van der Waals surface area contributed by atoms with Crippen molar-refractivity contribution >= 4 is 17.3 Å². The standard InChI is InChI=1S/C16H25N3O2S/c1-18-6-8-19(9-7-18)12-4-3-5-13-11(12)10-14(22-13)15(17)16(20)21-2/h10,12,15H,3-9,17H2,1-2H3. The van der Waals surface area contributed by atoms with Crippen molar-refractivity contribution in [3.05, 3.63) is 21.4 Å². The number of ether oxygens (including phenoxy) is 1. The highest BCUT2D eigenvalue weighted by Gasteiger charge is 2.31. The number of fused-ring (bicyclic) bond motifs is 1. The zero-order valence-electron chi connectivity index (χ0n) is 13.4. The zero-order chi connectivity index (χ0) is 15.7. The van der Waals surface area contributed by atoms with Gasteiger partial charge in [0.25, 0.3) is 0 Å². The number of hydrogen-bond acceptors (Lipinski definition) is 6. The summed E-state index contributed by atoms with van der Waals surface area (Å²) in [6, 6.07) is 2.00. The molecule has 0 spiro atoms. The third-order valence-corrected chi connectivity index (χ3v) is 6.14. The molecule has 0 amide bonds. The predicted octanol–water partition coefficient (Wildman–Crippen LogP) is 1.55. The highest BCUT2D eigenvalue weighted by atomic mass is 32.1. The van der Waals surface area contributed by atoms with E-state index in [1.165, 1.54) is 30.4 Å². The maximum atomic E-state index is 11.7. The first kappa shape index (κ1) is 15.9. The Morgan fingerprint density at radius 3 is 2.82 bits per heavy atom. The lowest BCUT2D eigenvalue weighted by Crippen LogP contribution is -2.46. The van der Waals surface area contributed by atoms with Gasteiger partial charge in [-0.05, 0) is 37.9 Å². The normalized spacial score (nSPS) is 24.8. The molecule has 2 N–H and O–H groups in total. The van der Waals surface area contributed by atoms with Gasteiger partial charge in [-0.15, -0.1) is 11.3 Å². The minimum Gasteiger partial charge on any atom is -0.468 e. The lowest BCUT2D eigenvalue weighted by molar-refractivity contribution is -0.142. The summed E-state index contributed by atoms with van der Waals surface area (Å²) in [7, 11) is 3.57. The van der Waals surface area contributed by atoms with Gasteiger partial charge in [-0.3, -0.25) is 4.90 Å². The zero-order valence-corrected chi connectivity index (χ0v) is 14.2. The van der Waals surface area contributed by atoms with Crippen LogP contribution in [0.4, 0.5) is 0 Å². The number of rotatable bonds is 3. The van der Waals surface area contributed by atoms with E-state index in [9.17, 15) is 4.79 Å². The van der Waals surface area contributed by atoms with E-state index in [0.29, 0.717) is 6.04 Å². The van der Waals surface area contributed by atoms with Gasteiger partial charge in [0.15, 0.2) is 0 Å². The fraction of sp³-hybridized carbons (Fsp3) is 0.688. The van der Waals surface area contributed by atoms with Gasteiger partial charge >= 0.3 is 5.97 Å². The number of hydrogen-bond donors (Lipinski definition) is 1. The van der Waals surface area contributed by atoms with E-state index in [0.717, 1.165) is 37.5 Å². The molecule has 0 radical (unpaired) electrons. The molecular weight excluding hydrogens is 298 g/mol. The average molecular weight is 323 g/mol. The van der Waals surface area contributed by atoms with Gasteiger partial charge in [-0.2, -0.15) is 0 Å². The monoisotopic (exact) mass is 323 g/mol. The molecule has 1 aromatic rings. The summed E-state index contributed by atoms with van der Waals surface area (Å²) in [5.74, 6) is -0.352. The molecule has 2 aliphatic rings. The molecule has 2 unspecified atom stereocenters. The van der Waals surface area contributed by atoms with Crippen LogP contribution in [0.3, 0.4) is 0 Å². The van der Waals surface area contributed by atoms with Crippen LogP contribution in [0.1, 0.15) is 40.2 Å². The fourth-order valence-electron chi connectivity index (χ4n) is 3.46. The Morgan fingerprint density at radius 1 is 1.41 bits per heavy atom. The summed E-state index contributed by atoms with van der Waals surface area (Å²) in [6.45, 7) is 4.50. The fourth-order valence-corrected chi connectivity index (χ4v) is 4.72. The smallest absolute Gasteiger partial charge is 0.328 e. The molecule has 0 saturated carbocycles. The van der Waals surface area contributed by atoms with E-state index in [1.807, 2.05) is 0 Å². The van der Waals surface area contributed by atoms with Gasteiger partial charge in [-0.25, -0.2) is 4.79 Å². The van der Waals surface area contributed by atoms with Crippen LogP contribution in [0.15, 0.2) is 6.07 Å². The molecule has 3 rings (SSSR count). The maximum absolute atomic E-state index is 11.7. The lowest BCUT2D eigenvalue weighted by atomic mass is 9.91. The van der Waals surface area contributed by atoms with Gasteiger partial charge < -0.3 is 15.4 Å². The van der Waals surface area contributed by atoms with Crippen molar-refractivity contribution in [2.45, 2.75) is 31.3 Å². The number of carbonyl (C=O) groups is 1. The summed E-state index contributed by atoms with van der Waals surface area (Å²) in [6.07, 6.45) is 3.54. The highest BCUT2D eigenvalue weighted by Crippen LogP contribution is 2.40. The van der Waals surface area contributed by atoms with Crippen molar-refractivity contribution in [3.8, 4) is 0 Å². The second-order valence-corrected chi connectivity index (χ2v) is 7.44. The van der Waals surface area contributed by atoms with Crippen LogP contribution in [-0.4, -0.2) is 56.1 Å². The third-order valence-electron chi connectivity index (χ3n) is 4.84. The molecule has 1 aliphatic carbocycles. The number of piperazine rings is 1. The van der Waals surface area contributed by atoms with Crippen LogP contribution in [0, 0.1) is 0 Å². The maximum Gasteiger partial charge on any atom is 0.328 e. The molecular formula is C16H25N3O2S. The van der Waals surface area contributed by atoms with Crippen molar-refractivity contribution in [2.24, 2.45) is 5.73 Å². The second-order valence-electron chi connectivity index (χ2n) is 6.28. The quantitative estimate of drug-likeness (QED) is 0.855. The highest BCUT2D eigenvalue weighted by molar-refractivity contribution is 7.12. The number of carbonyl (C=O) groups excluding carboxylic acids is 1. The molecule has 122 valence electrons. The molecule has 22 heavy (non-hydrogen) atoms. The summed E-state index contributed by atoms with van der Waals surface area (Å²) >= 11 is 1.69. The second kappa shape index (κ2) is 6.66. The molecule has 1 fully saturated rings. The number of nitrogens with zero attached hydrogens (tertiary/aromatic N) is 2. The van der Waals surface area contributed by atoms with Gasteiger partial charge in [0.2, 0.25) is 0 Å². The van der Waals surface area contributed by atoms with Crippen LogP contribution in [0.5, 0.6) is 0 Å². The van der Waals surface area contributed by atoms with E-state index >= 15 is 0 Å². The summed E-state index contributed by atoms with van der Waals surface area (Å²) < 4.78 is 4.78. The Balaban J connectivity index is 1.81. The third kappa shape index (κ3) is 3.06. The van der Waals surface area contributed by atoms with Crippen LogP contribution < -0.4 is 5.73 Å². The van der Waals surface area contributed by atoms with Crippen LogP contribution >= 0.6 is 11.3 Å². The Kier molecular flexibility index (Phi) is 4.82. The van der Waals surface area contributed by atoms with E-state index in [1.54, 1.807) is 11.3 Å². The first-order chi connectivity index (χ1) is 10.6. The van der Waals surface area contributed by atoms with Crippen LogP contribution in [0.2, 0.25) is 0 Å². The summed E-state index contributed by atoms with van der Waals surface area (Å²) in [4.78, 5) is 19.0. The molecule has 2 atom stereocenters. The van der Waals surface area contributed by atoms with Crippen LogP contribution in [0.25, 0.3) is 0 Å². The minimum absolute atomic E-state index is 0.352. The number of likely N-dealkylation sites (N-methyl/N-ethyl adjacent to an activating group) is 1. The molecule has 6 heteroatoms. The van der Waals surface area contributed by atoms with E-state index in [2.05, 4.69) is 22.9 Å². The van der Waals surface area contributed by atoms with Gasteiger partial charge in [0.05, 0.1) is 7.11 Å². The molecule has 5 nitrogen and oxygen atoms in total. The van der Waals surface area contributed by atoms with Gasteiger partial charge in [-0.1, -0.05) is 0 Å². The van der Waals surface area contributed by atoms with Crippen molar-refractivity contribution in [1.82, 2.24) is 9.80 Å². The molecule has 1 aliphatic heterocycles. The Morgan fingerprint density at radius 2 is 2.14 bits per heavy atom. The molecule has 2 heterocycles. The van der Waals surface area contributed by atoms with E-state index in [4.69, 9.17) is 10.5 Å². The summed E-state index contributed by atoms with van der Waals surface area (Å²) in [5.41, 5.74) is 7.42. The van der Waals surface area contributed by atoms with Gasteiger partial charge in [0, 0.05) is 42.0 Å². The topological polar surface area (TPSA) is 58.8 Å². The number of methoxy groups -OCH3 is 1. The van der Waals surface area contributed by atoms with Crippen LogP contribution in [-0.2, 0) is 16.0 Å². The number of nitrogens with two attached hydrogens (primary N) is 1. The molecule has 0 bridgehead atoms. The Labute approximate surface area is 136 Å². The first-order valence-corrected chi connectivity index (χ1v) is 8.80. The van der Waals surface area contributed by atoms with Gasteiger partial charge in [0.1, 0.15) is 6.04 Å². The number of aryl methyl sites for hydroxylation is 1. The van der Waals surface area contributed by atoms with E-state index < -0.39 is 6.04 Å². The number of esters is 1. The predicted molar refractivity (Wildman–Crippen MR) is 88.0 cm³/mol. The molecule has 1 saturated heterocycles. The Hall–Kier alpha value is -0.950. The summed E-state index contributed by atoms with van der Waals surface area (Å²) in [5, 5.41) is 0. The van der Waals surface area contributed by atoms with Crippen molar-refractivity contribution in [2.75, 3.05) is 40.3 Å². The molecule has 1 aromatic heterocycles. The van der Waals surface area contributed by atoms with E-state index in [-0.39, 0.29) is 5.97 Å². The van der Waals surface area contributed by atoms with Crippen molar-refractivity contribution in [1.29, 1.82) is 0 Å². The minimum atomic E-state index is -0.645. The molecule has 0 aromatic carbocycles. The van der Waals surface area contributed by atoms with Crippen molar-refractivity contribution < 1.29 is 9.53 Å².